The average Bonchev–Trinajstić information content (AvgIpc) is 2.38. The molecule has 0 spiro atoms. The molecule has 0 unspecified atom stereocenters. The van der Waals surface area contributed by atoms with Crippen LogP contribution in [0.2, 0.25) is 5.28 Å². The van der Waals surface area contributed by atoms with Crippen molar-refractivity contribution in [2.75, 3.05) is 37.7 Å². The van der Waals surface area contributed by atoms with Crippen molar-refractivity contribution in [2.24, 2.45) is 0 Å². The summed E-state index contributed by atoms with van der Waals surface area (Å²) in [4.78, 5) is 22.1. The third kappa shape index (κ3) is 4.63. The summed E-state index contributed by atoms with van der Waals surface area (Å²) in [6.45, 7) is 5.49. The lowest BCUT2D eigenvalue weighted by atomic mass is 10.3. The van der Waals surface area contributed by atoms with Crippen LogP contribution >= 0.6 is 23.4 Å². The Labute approximate surface area is 122 Å². The fourth-order valence-corrected chi connectivity index (χ4v) is 3.09. The van der Waals surface area contributed by atoms with Crippen molar-refractivity contribution in [3.05, 3.63) is 22.7 Å². The Bertz CT molecular complexity index is 431. The van der Waals surface area contributed by atoms with Gasteiger partial charge in [0.25, 0.3) is 5.91 Å². The number of aromatic nitrogens is 2. The lowest BCUT2D eigenvalue weighted by Gasteiger charge is -2.25. The summed E-state index contributed by atoms with van der Waals surface area (Å²) in [6, 6.07) is 1.64. The summed E-state index contributed by atoms with van der Waals surface area (Å²) in [5.74, 6) is 2.15. The van der Waals surface area contributed by atoms with E-state index in [0.29, 0.717) is 17.9 Å². The van der Waals surface area contributed by atoms with E-state index in [1.54, 1.807) is 13.0 Å². The molecule has 1 fully saturated rings. The second-order valence-electron chi connectivity index (χ2n) is 4.37. The molecule has 0 aliphatic carbocycles. The Kier molecular flexibility index (Phi) is 5.42. The molecule has 1 aliphatic heterocycles. The van der Waals surface area contributed by atoms with Crippen molar-refractivity contribution in [3.63, 3.8) is 0 Å². The SMILES string of the molecule is Cc1cc(C(=O)NCCN2CCSCC2)nc(Cl)n1. The molecule has 0 aromatic carbocycles. The van der Waals surface area contributed by atoms with Crippen molar-refractivity contribution < 1.29 is 4.79 Å². The number of halogens is 1. The van der Waals surface area contributed by atoms with E-state index in [2.05, 4.69) is 20.2 Å². The lowest BCUT2D eigenvalue weighted by Crippen LogP contribution is -2.39. The largest absolute Gasteiger partial charge is 0.349 e. The van der Waals surface area contributed by atoms with Gasteiger partial charge in [-0.2, -0.15) is 11.8 Å². The summed E-state index contributed by atoms with van der Waals surface area (Å²) in [5, 5.41) is 2.97. The number of thioether (sulfide) groups is 1. The van der Waals surface area contributed by atoms with Crippen LogP contribution in [0.25, 0.3) is 0 Å². The fraction of sp³-hybridized carbons (Fsp3) is 0.583. The zero-order chi connectivity index (χ0) is 13.7. The van der Waals surface area contributed by atoms with Crippen molar-refractivity contribution in [2.45, 2.75) is 6.92 Å². The summed E-state index contributed by atoms with van der Waals surface area (Å²) in [7, 11) is 0. The monoisotopic (exact) mass is 300 g/mol. The number of aryl methyl sites for hydroxylation is 1. The molecule has 2 heterocycles. The predicted octanol–water partition coefficient (Wildman–Crippen LogP) is 1.22. The van der Waals surface area contributed by atoms with Crippen LogP contribution < -0.4 is 5.32 Å². The van der Waals surface area contributed by atoms with Gasteiger partial charge < -0.3 is 5.32 Å². The molecule has 104 valence electrons. The average molecular weight is 301 g/mol. The first-order chi connectivity index (χ1) is 9.15. The summed E-state index contributed by atoms with van der Waals surface area (Å²) < 4.78 is 0. The Morgan fingerprint density at radius 3 is 2.89 bits per heavy atom. The van der Waals surface area contributed by atoms with Crippen molar-refractivity contribution in [1.82, 2.24) is 20.2 Å². The maximum Gasteiger partial charge on any atom is 0.270 e. The molecule has 0 atom stereocenters. The molecule has 0 saturated carbocycles. The molecule has 1 aliphatic rings. The van der Waals surface area contributed by atoms with Gasteiger partial charge in [0.2, 0.25) is 5.28 Å². The second-order valence-corrected chi connectivity index (χ2v) is 5.94. The second kappa shape index (κ2) is 7.07. The van der Waals surface area contributed by atoms with Gasteiger partial charge >= 0.3 is 0 Å². The highest BCUT2D eigenvalue weighted by Crippen LogP contribution is 2.08. The van der Waals surface area contributed by atoms with Crippen molar-refractivity contribution in [1.29, 1.82) is 0 Å². The van der Waals surface area contributed by atoms with Crippen LogP contribution in [0.15, 0.2) is 6.07 Å². The van der Waals surface area contributed by atoms with Crippen molar-refractivity contribution in [3.8, 4) is 0 Å². The molecule has 1 N–H and O–H groups in total. The number of rotatable bonds is 4. The van der Waals surface area contributed by atoms with Crippen LogP contribution in [0.1, 0.15) is 16.2 Å². The summed E-state index contributed by atoms with van der Waals surface area (Å²) >= 11 is 7.72. The van der Waals surface area contributed by atoms with Gasteiger partial charge in [-0.15, -0.1) is 0 Å². The molecule has 0 bridgehead atoms. The molecule has 0 radical (unpaired) electrons. The van der Waals surface area contributed by atoms with Crippen LogP contribution in [0.3, 0.4) is 0 Å². The first-order valence-corrected chi connectivity index (χ1v) is 7.78. The molecule has 1 aromatic rings. The van der Waals surface area contributed by atoms with E-state index in [9.17, 15) is 4.79 Å². The van der Waals surface area contributed by atoms with Crippen LogP contribution in [-0.2, 0) is 0 Å². The lowest BCUT2D eigenvalue weighted by molar-refractivity contribution is 0.0943. The minimum Gasteiger partial charge on any atom is -0.349 e. The smallest absolute Gasteiger partial charge is 0.270 e. The summed E-state index contributed by atoms with van der Waals surface area (Å²) in [6.07, 6.45) is 0. The van der Waals surface area contributed by atoms with Gasteiger partial charge in [-0.25, -0.2) is 9.97 Å². The molecule has 2 rings (SSSR count). The van der Waals surface area contributed by atoms with Gasteiger partial charge in [-0.3, -0.25) is 9.69 Å². The third-order valence-electron chi connectivity index (χ3n) is 2.88. The van der Waals surface area contributed by atoms with Gasteiger partial charge in [0.1, 0.15) is 5.69 Å². The van der Waals surface area contributed by atoms with Crippen LogP contribution in [0, 0.1) is 6.92 Å². The topological polar surface area (TPSA) is 58.1 Å². The molecule has 5 nitrogen and oxygen atoms in total. The van der Waals surface area contributed by atoms with Gasteiger partial charge in [0, 0.05) is 43.4 Å². The Morgan fingerprint density at radius 2 is 2.21 bits per heavy atom. The molecular formula is C12H17ClN4OS. The Hall–Kier alpha value is -0.850. The Balaban J connectivity index is 1.80. The zero-order valence-corrected chi connectivity index (χ0v) is 12.4. The highest BCUT2D eigenvalue weighted by atomic mass is 35.5. The van der Waals surface area contributed by atoms with Gasteiger partial charge in [-0.05, 0) is 24.6 Å². The van der Waals surface area contributed by atoms with Crippen LogP contribution in [-0.4, -0.2) is 58.5 Å². The van der Waals surface area contributed by atoms with E-state index in [-0.39, 0.29) is 11.2 Å². The quantitative estimate of drug-likeness (QED) is 0.847. The zero-order valence-electron chi connectivity index (χ0n) is 10.9. The van der Waals surface area contributed by atoms with Gasteiger partial charge in [-0.1, -0.05) is 0 Å². The van der Waals surface area contributed by atoms with Crippen LogP contribution in [0.5, 0.6) is 0 Å². The highest BCUT2D eigenvalue weighted by molar-refractivity contribution is 7.99. The standard InChI is InChI=1S/C12H17ClN4OS/c1-9-8-10(16-12(13)15-9)11(18)14-2-3-17-4-6-19-7-5-17/h8H,2-7H2,1H3,(H,14,18). The number of carbonyl (C=O) groups is 1. The van der Waals surface area contributed by atoms with Gasteiger partial charge in [0.15, 0.2) is 0 Å². The van der Waals surface area contributed by atoms with E-state index in [1.807, 2.05) is 11.8 Å². The number of nitrogens with one attached hydrogen (secondary N) is 1. The number of hydrogen-bond donors (Lipinski definition) is 1. The third-order valence-corrected chi connectivity index (χ3v) is 3.99. The Morgan fingerprint density at radius 1 is 1.47 bits per heavy atom. The number of nitrogens with zero attached hydrogens (tertiary/aromatic N) is 3. The first-order valence-electron chi connectivity index (χ1n) is 6.24. The number of amides is 1. The molecule has 19 heavy (non-hydrogen) atoms. The van der Waals surface area contributed by atoms with E-state index in [4.69, 9.17) is 11.6 Å². The van der Waals surface area contributed by atoms with E-state index in [0.717, 1.165) is 19.6 Å². The number of carbonyl (C=O) groups excluding carboxylic acids is 1. The number of hydrogen-bond acceptors (Lipinski definition) is 5. The maximum absolute atomic E-state index is 11.9. The first kappa shape index (κ1) is 14.6. The van der Waals surface area contributed by atoms with E-state index >= 15 is 0 Å². The minimum atomic E-state index is -0.196. The van der Waals surface area contributed by atoms with E-state index in [1.165, 1.54) is 11.5 Å². The van der Waals surface area contributed by atoms with Crippen molar-refractivity contribution >= 4 is 29.3 Å². The molecule has 1 amide bonds. The molecule has 1 aromatic heterocycles. The normalized spacial score (nSPS) is 16.3. The highest BCUT2D eigenvalue weighted by Gasteiger charge is 2.12. The van der Waals surface area contributed by atoms with Gasteiger partial charge in [0.05, 0.1) is 0 Å². The maximum atomic E-state index is 11.9. The van der Waals surface area contributed by atoms with Crippen LogP contribution in [0.4, 0.5) is 0 Å². The predicted molar refractivity (Wildman–Crippen MR) is 77.9 cm³/mol. The fourth-order valence-electron chi connectivity index (χ4n) is 1.89. The summed E-state index contributed by atoms with van der Waals surface area (Å²) in [5.41, 5.74) is 1.02. The van der Waals surface area contributed by atoms with E-state index < -0.39 is 0 Å². The minimum absolute atomic E-state index is 0.109. The molecule has 1 saturated heterocycles. The molecule has 7 heteroatoms. The molecular weight excluding hydrogens is 284 g/mol.